The molecule has 0 radical (unpaired) electrons. The van der Waals surface area contributed by atoms with Crippen LogP contribution in [0, 0.1) is 0 Å². The second kappa shape index (κ2) is 6.38. The molecule has 1 amide bonds. The van der Waals surface area contributed by atoms with Crippen molar-refractivity contribution in [2.24, 2.45) is 0 Å². The molecule has 3 aromatic rings. The Labute approximate surface area is 157 Å². The van der Waals surface area contributed by atoms with Gasteiger partial charge in [0.05, 0.1) is 29.5 Å². The maximum atomic E-state index is 12.5. The quantitative estimate of drug-likeness (QED) is 0.721. The number of nitrogens with one attached hydrogen (secondary N) is 2. The summed E-state index contributed by atoms with van der Waals surface area (Å²) >= 11 is 0. The topological polar surface area (TPSA) is 95.2 Å². The van der Waals surface area contributed by atoms with E-state index in [1.165, 1.54) is 10.6 Å². The van der Waals surface area contributed by atoms with Gasteiger partial charge in [-0.05, 0) is 49.2 Å². The molecule has 0 spiro atoms. The molecule has 7 nitrogen and oxygen atoms in total. The molecule has 0 fully saturated rings. The molecule has 140 valence electrons. The standard InChI is InChI=1S/C19H20N4O3S/c1-12-9-14-10-13(7-8-17(14)23(12)27(2,25)26)19(24)20-11-18-21-15-5-3-4-6-16(15)22-18/h3-8,10,12H,9,11H2,1-2H3,(H,20,24)(H,21,22). The van der Waals surface area contributed by atoms with Gasteiger partial charge in [0.15, 0.2) is 0 Å². The molecule has 0 aliphatic carbocycles. The van der Waals surface area contributed by atoms with E-state index in [4.69, 9.17) is 0 Å². The zero-order chi connectivity index (χ0) is 19.2. The Balaban J connectivity index is 1.51. The first-order chi connectivity index (χ1) is 12.8. The van der Waals surface area contributed by atoms with Gasteiger partial charge in [0.1, 0.15) is 5.82 Å². The van der Waals surface area contributed by atoms with E-state index in [0.717, 1.165) is 16.6 Å². The van der Waals surface area contributed by atoms with Crippen molar-refractivity contribution < 1.29 is 13.2 Å². The lowest BCUT2D eigenvalue weighted by molar-refractivity contribution is 0.0950. The third kappa shape index (κ3) is 3.28. The van der Waals surface area contributed by atoms with E-state index < -0.39 is 10.0 Å². The van der Waals surface area contributed by atoms with Crippen molar-refractivity contribution in [3.05, 3.63) is 59.4 Å². The van der Waals surface area contributed by atoms with Gasteiger partial charge < -0.3 is 10.3 Å². The van der Waals surface area contributed by atoms with E-state index >= 15 is 0 Å². The lowest BCUT2D eigenvalue weighted by atomic mass is 10.1. The highest BCUT2D eigenvalue weighted by atomic mass is 32.2. The predicted octanol–water partition coefficient (Wildman–Crippen LogP) is 2.20. The summed E-state index contributed by atoms with van der Waals surface area (Å²) < 4.78 is 25.4. The van der Waals surface area contributed by atoms with Crippen LogP contribution in [0.5, 0.6) is 0 Å². The Kier molecular flexibility index (Phi) is 4.15. The fourth-order valence-corrected chi connectivity index (χ4v) is 4.87. The molecule has 27 heavy (non-hydrogen) atoms. The van der Waals surface area contributed by atoms with Crippen molar-refractivity contribution in [2.75, 3.05) is 10.6 Å². The Morgan fingerprint density at radius 3 is 2.81 bits per heavy atom. The van der Waals surface area contributed by atoms with Gasteiger partial charge in [0.25, 0.3) is 5.91 Å². The minimum absolute atomic E-state index is 0.149. The molecule has 1 unspecified atom stereocenters. The lowest BCUT2D eigenvalue weighted by Gasteiger charge is -2.21. The van der Waals surface area contributed by atoms with E-state index in [9.17, 15) is 13.2 Å². The number of amides is 1. The van der Waals surface area contributed by atoms with Gasteiger partial charge >= 0.3 is 0 Å². The zero-order valence-corrected chi connectivity index (χ0v) is 15.9. The van der Waals surface area contributed by atoms with E-state index in [-0.39, 0.29) is 18.5 Å². The number of sulfonamides is 1. The molecular weight excluding hydrogens is 364 g/mol. The minimum atomic E-state index is -3.34. The number of para-hydroxylation sites is 2. The first kappa shape index (κ1) is 17.5. The molecular formula is C19H20N4O3S. The highest BCUT2D eigenvalue weighted by Crippen LogP contribution is 2.34. The smallest absolute Gasteiger partial charge is 0.251 e. The van der Waals surface area contributed by atoms with Crippen LogP contribution in [-0.4, -0.2) is 36.6 Å². The lowest BCUT2D eigenvalue weighted by Crippen LogP contribution is -2.34. The highest BCUT2D eigenvalue weighted by molar-refractivity contribution is 7.92. The number of fused-ring (bicyclic) bond motifs is 2. The number of hydrogen-bond donors (Lipinski definition) is 2. The average molecular weight is 384 g/mol. The van der Waals surface area contributed by atoms with Gasteiger partial charge in [-0.15, -0.1) is 0 Å². The largest absolute Gasteiger partial charge is 0.345 e. The number of rotatable bonds is 4. The molecule has 1 aliphatic rings. The van der Waals surface area contributed by atoms with Crippen molar-refractivity contribution >= 4 is 32.7 Å². The zero-order valence-electron chi connectivity index (χ0n) is 15.1. The van der Waals surface area contributed by atoms with Gasteiger partial charge in [-0.3, -0.25) is 9.10 Å². The molecule has 2 aromatic carbocycles. The number of benzene rings is 2. The monoisotopic (exact) mass is 384 g/mol. The molecule has 1 aromatic heterocycles. The van der Waals surface area contributed by atoms with E-state index in [1.54, 1.807) is 18.2 Å². The third-order valence-electron chi connectivity index (χ3n) is 4.71. The fourth-order valence-electron chi connectivity index (χ4n) is 3.60. The number of carbonyl (C=O) groups excluding carboxylic acids is 1. The van der Waals surface area contributed by atoms with Gasteiger partial charge in [-0.25, -0.2) is 13.4 Å². The summed E-state index contributed by atoms with van der Waals surface area (Å²) in [5, 5.41) is 2.86. The van der Waals surface area contributed by atoms with Crippen LogP contribution in [0.3, 0.4) is 0 Å². The van der Waals surface area contributed by atoms with E-state index in [0.29, 0.717) is 23.5 Å². The second-order valence-corrected chi connectivity index (χ2v) is 8.70. The Bertz CT molecular complexity index is 1100. The van der Waals surface area contributed by atoms with Crippen LogP contribution in [0.25, 0.3) is 11.0 Å². The minimum Gasteiger partial charge on any atom is -0.345 e. The average Bonchev–Trinajstić information content (AvgIpc) is 3.17. The van der Waals surface area contributed by atoms with Crippen LogP contribution in [0.4, 0.5) is 5.69 Å². The number of H-pyrrole nitrogens is 1. The summed E-state index contributed by atoms with van der Waals surface area (Å²) in [5.41, 5.74) is 3.80. The maximum absolute atomic E-state index is 12.5. The van der Waals surface area contributed by atoms with Crippen molar-refractivity contribution in [1.82, 2.24) is 15.3 Å². The number of hydrogen-bond acceptors (Lipinski definition) is 4. The fraction of sp³-hybridized carbons (Fsp3) is 0.263. The number of nitrogens with zero attached hydrogens (tertiary/aromatic N) is 2. The number of aromatic nitrogens is 2. The molecule has 1 atom stereocenters. The summed E-state index contributed by atoms with van der Waals surface area (Å²) in [6.45, 7) is 2.15. The van der Waals surface area contributed by atoms with Gasteiger partial charge in [-0.1, -0.05) is 12.1 Å². The predicted molar refractivity (Wildman–Crippen MR) is 104 cm³/mol. The Morgan fingerprint density at radius 2 is 2.07 bits per heavy atom. The summed E-state index contributed by atoms with van der Waals surface area (Å²) in [6, 6.07) is 12.7. The van der Waals surface area contributed by atoms with Crippen LogP contribution in [-0.2, 0) is 23.0 Å². The SMILES string of the molecule is CC1Cc2cc(C(=O)NCc3nc4ccccc4[nH]3)ccc2N1S(C)(=O)=O. The number of imidazole rings is 1. The molecule has 0 saturated heterocycles. The number of carbonyl (C=O) groups is 1. The summed E-state index contributed by atoms with van der Waals surface area (Å²) in [7, 11) is -3.34. The van der Waals surface area contributed by atoms with Crippen molar-refractivity contribution in [3.63, 3.8) is 0 Å². The Hall–Kier alpha value is -2.87. The Morgan fingerprint density at radius 1 is 1.30 bits per heavy atom. The van der Waals surface area contributed by atoms with Crippen molar-refractivity contribution in [1.29, 1.82) is 0 Å². The van der Waals surface area contributed by atoms with Crippen LogP contribution in [0.2, 0.25) is 0 Å². The van der Waals surface area contributed by atoms with Gasteiger partial charge in [0, 0.05) is 11.6 Å². The van der Waals surface area contributed by atoms with Gasteiger partial charge in [0.2, 0.25) is 10.0 Å². The van der Waals surface area contributed by atoms with Crippen LogP contribution in [0.1, 0.15) is 28.7 Å². The van der Waals surface area contributed by atoms with E-state index in [2.05, 4.69) is 15.3 Å². The summed E-state index contributed by atoms with van der Waals surface area (Å²) in [6.07, 6.45) is 1.79. The molecule has 8 heteroatoms. The first-order valence-electron chi connectivity index (χ1n) is 8.67. The normalized spacial score (nSPS) is 16.5. The maximum Gasteiger partial charge on any atom is 0.251 e. The first-order valence-corrected chi connectivity index (χ1v) is 10.5. The molecule has 2 N–H and O–H groups in total. The summed E-state index contributed by atoms with van der Waals surface area (Å²) in [5.74, 6) is 0.464. The molecule has 0 bridgehead atoms. The van der Waals surface area contributed by atoms with Crippen LogP contribution < -0.4 is 9.62 Å². The van der Waals surface area contributed by atoms with Crippen LogP contribution >= 0.6 is 0 Å². The molecule has 0 saturated carbocycles. The van der Waals surface area contributed by atoms with Gasteiger partial charge in [-0.2, -0.15) is 0 Å². The summed E-state index contributed by atoms with van der Waals surface area (Å²) in [4.78, 5) is 20.1. The molecule has 4 rings (SSSR count). The van der Waals surface area contributed by atoms with E-state index in [1.807, 2.05) is 31.2 Å². The third-order valence-corrected chi connectivity index (χ3v) is 5.98. The second-order valence-electron chi connectivity index (χ2n) is 6.84. The number of aromatic amines is 1. The molecule has 1 aliphatic heterocycles. The molecule has 2 heterocycles. The van der Waals surface area contributed by atoms with Crippen molar-refractivity contribution in [3.8, 4) is 0 Å². The number of anilines is 1. The van der Waals surface area contributed by atoms with Crippen LogP contribution in [0.15, 0.2) is 42.5 Å². The van der Waals surface area contributed by atoms with Crippen molar-refractivity contribution in [2.45, 2.75) is 25.9 Å². The highest BCUT2D eigenvalue weighted by Gasteiger charge is 2.32.